The van der Waals surface area contributed by atoms with Crippen molar-refractivity contribution in [3.8, 4) is 11.5 Å². The molecule has 28 heavy (non-hydrogen) atoms. The van der Waals surface area contributed by atoms with Gasteiger partial charge in [-0.05, 0) is 25.0 Å². The Bertz CT molecular complexity index is 820. The Kier molecular flexibility index (Phi) is 4.89. The van der Waals surface area contributed by atoms with Crippen molar-refractivity contribution in [2.45, 2.75) is 37.8 Å². The zero-order valence-electron chi connectivity index (χ0n) is 15.3. The van der Waals surface area contributed by atoms with E-state index in [1.807, 2.05) is 12.1 Å². The number of hydrogen-bond acceptors (Lipinski definition) is 6. The van der Waals surface area contributed by atoms with Crippen LogP contribution in [0.1, 0.15) is 25.7 Å². The average Bonchev–Trinajstić information content (AvgIpc) is 3.29. The minimum Gasteiger partial charge on any atom is -0.486 e. The Labute approximate surface area is 161 Å². The zero-order valence-corrected chi connectivity index (χ0v) is 15.3. The van der Waals surface area contributed by atoms with E-state index in [1.54, 1.807) is 12.1 Å². The number of carbonyl (C=O) groups is 4. The second-order valence-corrected chi connectivity index (χ2v) is 7.09. The van der Waals surface area contributed by atoms with Gasteiger partial charge in [0.25, 0.3) is 0 Å². The summed E-state index contributed by atoms with van der Waals surface area (Å²) in [5.74, 6) is -1.09. The zero-order chi connectivity index (χ0) is 19.7. The summed E-state index contributed by atoms with van der Waals surface area (Å²) >= 11 is 0. The number of nitrogens with zero attached hydrogens (tertiary/aromatic N) is 2. The fourth-order valence-electron chi connectivity index (χ4n) is 3.74. The van der Waals surface area contributed by atoms with E-state index in [4.69, 9.17) is 9.47 Å². The largest absolute Gasteiger partial charge is 0.486 e. The summed E-state index contributed by atoms with van der Waals surface area (Å²) < 4.78 is 11.3. The summed E-state index contributed by atoms with van der Waals surface area (Å²) in [4.78, 5) is 50.7. The molecule has 1 saturated heterocycles. The van der Waals surface area contributed by atoms with Crippen molar-refractivity contribution in [2.24, 2.45) is 0 Å². The van der Waals surface area contributed by atoms with Gasteiger partial charge in [-0.25, -0.2) is 9.69 Å². The fourth-order valence-corrected chi connectivity index (χ4v) is 3.74. The van der Waals surface area contributed by atoms with Gasteiger partial charge in [0.2, 0.25) is 5.91 Å². The third kappa shape index (κ3) is 3.39. The van der Waals surface area contributed by atoms with E-state index in [0.29, 0.717) is 29.2 Å². The van der Waals surface area contributed by atoms with Crippen LogP contribution < -0.4 is 14.8 Å². The number of hydrogen-bond donors (Lipinski definition) is 1. The van der Waals surface area contributed by atoms with Crippen LogP contribution in [0.3, 0.4) is 0 Å². The predicted octanol–water partition coefficient (Wildman–Crippen LogP) is 0.676. The molecule has 0 radical (unpaired) electrons. The minimum atomic E-state index is -0.946. The SMILES string of the molecule is O=C(CN1C(=O)C(=O)N(C2CCCC2)C1=O)NC[C@H]1COc2ccccc2O1. The summed E-state index contributed by atoms with van der Waals surface area (Å²) in [6.45, 7) is -0.0622. The summed E-state index contributed by atoms with van der Waals surface area (Å²) in [6.07, 6.45) is 2.85. The summed E-state index contributed by atoms with van der Waals surface area (Å²) in [6, 6.07) is 6.27. The first kappa shape index (κ1) is 18.3. The van der Waals surface area contributed by atoms with E-state index >= 15 is 0 Å². The second-order valence-electron chi connectivity index (χ2n) is 7.09. The van der Waals surface area contributed by atoms with Crippen molar-refractivity contribution < 1.29 is 28.7 Å². The molecule has 1 saturated carbocycles. The number of nitrogens with one attached hydrogen (secondary N) is 1. The third-order valence-electron chi connectivity index (χ3n) is 5.17. The molecule has 4 rings (SSSR count). The molecular formula is C19H21N3O6. The predicted molar refractivity (Wildman–Crippen MR) is 95.6 cm³/mol. The van der Waals surface area contributed by atoms with Crippen LogP contribution in [0.25, 0.3) is 0 Å². The molecule has 0 aromatic heterocycles. The fraction of sp³-hybridized carbons (Fsp3) is 0.474. The van der Waals surface area contributed by atoms with Crippen molar-refractivity contribution in [3.05, 3.63) is 24.3 Å². The van der Waals surface area contributed by atoms with Crippen molar-refractivity contribution in [3.63, 3.8) is 0 Å². The van der Waals surface area contributed by atoms with Crippen molar-refractivity contribution in [1.29, 1.82) is 0 Å². The number of urea groups is 1. The molecule has 0 unspecified atom stereocenters. The van der Waals surface area contributed by atoms with Crippen LogP contribution in [0.15, 0.2) is 24.3 Å². The molecule has 1 aromatic carbocycles. The minimum absolute atomic E-state index is 0.156. The van der Waals surface area contributed by atoms with E-state index in [9.17, 15) is 19.2 Å². The van der Waals surface area contributed by atoms with Gasteiger partial charge >= 0.3 is 17.8 Å². The van der Waals surface area contributed by atoms with E-state index < -0.39 is 30.3 Å². The molecule has 9 nitrogen and oxygen atoms in total. The van der Waals surface area contributed by atoms with Crippen molar-refractivity contribution in [1.82, 2.24) is 15.1 Å². The standard InChI is InChI=1S/C19H21N3O6/c23-16(20-9-13-11-27-14-7-3-4-8-15(14)28-13)10-21-17(24)18(25)22(19(21)26)12-5-1-2-6-12/h3-4,7-8,12-13H,1-2,5-6,9-11H2,(H,20,23)/t13-/m0/s1. The van der Waals surface area contributed by atoms with E-state index in [0.717, 1.165) is 17.7 Å². The lowest BCUT2D eigenvalue weighted by Gasteiger charge is -2.26. The first-order valence-corrected chi connectivity index (χ1v) is 9.39. The maximum Gasteiger partial charge on any atom is 0.334 e. The van der Waals surface area contributed by atoms with Gasteiger partial charge in [-0.2, -0.15) is 0 Å². The van der Waals surface area contributed by atoms with Crippen LogP contribution in [0, 0.1) is 0 Å². The maximum absolute atomic E-state index is 12.5. The Balaban J connectivity index is 1.31. The number of imide groups is 2. The third-order valence-corrected chi connectivity index (χ3v) is 5.17. The normalized spacial score (nSPS) is 22.1. The molecule has 1 aliphatic carbocycles. The van der Waals surface area contributed by atoms with Gasteiger partial charge in [0.05, 0.1) is 6.54 Å². The Morgan fingerprint density at radius 1 is 1.07 bits per heavy atom. The number of fused-ring (bicyclic) bond motifs is 1. The lowest BCUT2D eigenvalue weighted by Crippen LogP contribution is -2.46. The van der Waals surface area contributed by atoms with Crippen LogP contribution in [0.5, 0.6) is 11.5 Å². The van der Waals surface area contributed by atoms with Crippen molar-refractivity contribution >= 4 is 23.8 Å². The Morgan fingerprint density at radius 2 is 1.79 bits per heavy atom. The maximum atomic E-state index is 12.5. The molecule has 148 valence electrons. The van der Waals surface area contributed by atoms with Gasteiger partial charge in [-0.15, -0.1) is 0 Å². The van der Waals surface area contributed by atoms with Crippen LogP contribution >= 0.6 is 0 Å². The van der Waals surface area contributed by atoms with Crippen molar-refractivity contribution in [2.75, 3.05) is 19.7 Å². The second kappa shape index (κ2) is 7.49. The molecule has 2 aliphatic heterocycles. The first-order valence-electron chi connectivity index (χ1n) is 9.39. The molecule has 1 atom stereocenters. The summed E-state index contributed by atoms with van der Waals surface area (Å²) in [7, 11) is 0. The molecule has 9 heteroatoms. The highest BCUT2D eigenvalue weighted by molar-refractivity contribution is 6.45. The van der Waals surface area contributed by atoms with Gasteiger partial charge in [0.15, 0.2) is 11.5 Å². The number of ether oxygens (including phenoxy) is 2. The summed E-state index contributed by atoms with van der Waals surface area (Å²) in [5.41, 5.74) is 0. The topological polar surface area (TPSA) is 105 Å². The molecule has 0 spiro atoms. The van der Waals surface area contributed by atoms with Gasteiger partial charge in [0.1, 0.15) is 19.3 Å². The molecule has 5 amide bonds. The number of benzene rings is 1. The van der Waals surface area contributed by atoms with Gasteiger partial charge in [0, 0.05) is 6.04 Å². The molecule has 2 fully saturated rings. The highest BCUT2D eigenvalue weighted by Gasteiger charge is 2.48. The number of amides is 5. The Hall–Kier alpha value is -3.10. The highest BCUT2D eigenvalue weighted by Crippen LogP contribution is 2.30. The molecule has 0 bridgehead atoms. The van der Waals surface area contributed by atoms with Crippen LogP contribution in [0.4, 0.5) is 4.79 Å². The molecule has 1 N–H and O–H groups in total. The van der Waals surface area contributed by atoms with Crippen LogP contribution in [-0.2, 0) is 14.4 Å². The first-order chi connectivity index (χ1) is 13.5. The molecule has 2 heterocycles. The monoisotopic (exact) mass is 387 g/mol. The Morgan fingerprint density at radius 3 is 2.54 bits per heavy atom. The van der Waals surface area contributed by atoms with E-state index in [-0.39, 0.29) is 25.3 Å². The molecule has 1 aromatic rings. The van der Waals surface area contributed by atoms with Crippen LogP contribution in [0.2, 0.25) is 0 Å². The quantitative estimate of drug-likeness (QED) is 0.588. The number of rotatable bonds is 5. The van der Waals surface area contributed by atoms with E-state index in [1.165, 1.54) is 0 Å². The van der Waals surface area contributed by atoms with Crippen LogP contribution in [-0.4, -0.2) is 65.4 Å². The number of carbonyl (C=O) groups excluding carboxylic acids is 4. The number of para-hydroxylation sites is 2. The van der Waals surface area contributed by atoms with E-state index in [2.05, 4.69) is 5.32 Å². The smallest absolute Gasteiger partial charge is 0.334 e. The lowest BCUT2D eigenvalue weighted by atomic mass is 10.2. The molecule has 3 aliphatic rings. The highest BCUT2D eigenvalue weighted by atomic mass is 16.6. The van der Waals surface area contributed by atoms with Gasteiger partial charge in [-0.3, -0.25) is 19.3 Å². The lowest BCUT2D eigenvalue weighted by molar-refractivity contribution is -0.144. The van der Waals surface area contributed by atoms with Gasteiger partial charge < -0.3 is 14.8 Å². The van der Waals surface area contributed by atoms with Gasteiger partial charge in [-0.1, -0.05) is 25.0 Å². The summed E-state index contributed by atoms with van der Waals surface area (Å²) in [5, 5.41) is 2.63. The average molecular weight is 387 g/mol. The molecular weight excluding hydrogens is 366 g/mol.